The fourth-order valence-corrected chi connectivity index (χ4v) is 4.41. The van der Waals surface area contributed by atoms with Crippen LogP contribution in [-0.2, 0) is 19.1 Å². The molecule has 5 aliphatic rings. The Labute approximate surface area is 96.4 Å². The standard InChI is InChI=1S/C12H9NO4/c14-9-11-5-1-2-6(16-5)12(11,10(15)13-9)8-4-3-7(11)17-8/h1-8H,(H,13,14,15)/t5-,6+,7+,8-,11?,12?. The fraction of sp³-hybridized carbons (Fsp3) is 0.500. The Morgan fingerprint density at radius 1 is 0.824 bits per heavy atom. The smallest absolute Gasteiger partial charge is 0.240 e. The Hall–Kier alpha value is -1.46. The number of fused-ring (bicyclic) bond motifs is 4. The number of hydrogen-bond donors (Lipinski definition) is 1. The molecule has 0 aliphatic carbocycles. The van der Waals surface area contributed by atoms with Crippen molar-refractivity contribution in [3.8, 4) is 0 Å². The van der Waals surface area contributed by atoms with Crippen LogP contribution in [0, 0.1) is 10.8 Å². The second-order valence-electron chi connectivity index (χ2n) is 5.25. The maximum absolute atomic E-state index is 12.3. The lowest BCUT2D eigenvalue weighted by molar-refractivity contribution is -0.136. The molecule has 1 N–H and O–H groups in total. The molecular formula is C12H9NO4. The van der Waals surface area contributed by atoms with Crippen molar-refractivity contribution in [2.45, 2.75) is 24.4 Å². The normalized spacial score (nSPS) is 60.0. The largest absolute Gasteiger partial charge is 0.364 e. The molecule has 5 nitrogen and oxygen atoms in total. The van der Waals surface area contributed by atoms with Gasteiger partial charge >= 0.3 is 0 Å². The van der Waals surface area contributed by atoms with Crippen molar-refractivity contribution < 1.29 is 19.1 Å². The first kappa shape index (κ1) is 8.60. The van der Waals surface area contributed by atoms with Gasteiger partial charge in [0.1, 0.15) is 10.8 Å². The third-order valence-electron chi connectivity index (χ3n) is 4.97. The van der Waals surface area contributed by atoms with Crippen LogP contribution in [-0.4, -0.2) is 36.2 Å². The van der Waals surface area contributed by atoms with Gasteiger partial charge in [-0.2, -0.15) is 0 Å². The van der Waals surface area contributed by atoms with Gasteiger partial charge in [-0.25, -0.2) is 0 Å². The molecule has 3 fully saturated rings. The molecule has 0 aromatic carbocycles. The molecule has 6 atom stereocenters. The van der Waals surface area contributed by atoms with Crippen LogP contribution in [0.15, 0.2) is 24.3 Å². The lowest BCUT2D eigenvalue weighted by Crippen LogP contribution is -2.56. The van der Waals surface area contributed by atoms with Crippen molar-refractivity contribution in [3.63, 3.8) is 0 Å². The van der Waals surface area contributed by atoms with Crippen molar-refractivity contribution in [1.29, 1.82) is 0 Å². The van der Waals surface area contributed by atoms with Gasteiger partial charge in [0.15, 0.2) is 0 Å². The van der Waals surface area contributed by atoms with E-state index in [4.69, 9.17) is 9.47 Å². The number of amides is 2. The molecule has 5 rings (SSSR count). The van der Waals surface area contributed by atoms with E-state index in [1.54, 1.807) is 0 Å². The molecule has 2 amide bonds. The van der Waals surface area contributed by atoms with Gasteiger partial charge in [-0.1, -0.05) is 24.3 Å². The molecule has 5 aliphatic heterocycles. The Morgan fingerprint density at radius 2 is 1.18 bits per heavy atom. The molecule has 17 heavy (non-hydrogen) atoms. The van der Waals surface area contributed by atoms with Crippen molar-refractivity contribution in [2.24, 2.45) is 10.8 Å². The Bertz CT molecular complexity index is 477. The summed E-state index contributed by atoms with van der Waals surface area (Å²) >= 11 is 0. The Balaban J connectivity index is 1.93. The molecule has 86 valence electrons. The van der Waals surface area contributed by atoms with E-state index in [1.807, 2.05) is 24.3 Å². The van der Waals surface area contributed by atoms with E-state index < -0.39 is 10.8 Å². The number of ether oxygens (including phenoxy) is 2. The Morgan fingerprint density at radius 3 is 1.53 bits per heavy atom. The zero-order valence-electron chi connectivity index (χ0n) is 8.75. The minimum Gasteiger partial charge on any atom is -0.364 e. The van der Waals surface area contributed by atoms with Crippen molar-refractivity contribution in [3.05, 3.63) is 24.3 Å². The molecule has 5 heteroatoms. The molecule has 0 radical (unpaired) electrons. The summed E-state index contributed by atoms with van der Waals surface area (Å²) in [5.74, 6) is -0.479. The van der Waals surface area contributed by atoms with Crippen LogP contribution in [0.2, 0.25) is 0 Å². The number of rotatable bonds is 0. The number of carbonyl (C=O) groups excluding carboxylic acids is 2. The number of carbonyl (C=O) groups is 2. The minimum absolute atomic E-state index is 0.240. The predicted octanol–water partition coefficient (Wildman–Crippen LogP) is -0.710. The number of hydrogen-bond acceptors (Lipinski definition) is 4. The molecule has 0 aromatic rings. The summed E-state index contributed by atoms with van der Waals surface area (Å²) in [6, 6.07) is 0. The van der Waals surface area contributed by atoms with Gasteiger partial charge in [-0.15, -0.1) is 0 Å². The lowest BCUT2D eigenvalue weighted by Gasteiger charge is -2.37. The summed E-state index contributed by atoms with van der Waals surface area (Å²) in [7, 11) is 0. The molecule has 0 saturated carbocycles. The molecule has 2 unspecified atom stereocenters. The zero-order valence-corrected chi connectivity index (χ0v) is 8.75. The number of nitrogens with one attached hydrogen (secondary N) is 1. The van der Waals surface area contributed by atoms with Crippen molar-refractivity contribution in [2.75, 3.05) is 0 Å². The average molecular weight is 231 g/mol. The van der Waals surface area contributed by atoms with Crippen molar-refractivity contribution in [1.82, 2.24) is 5.32 Å². The highest BCUT2D eigenvalue weighted by Gasteiger charge is 2.87. The Kier molecular flexibility index (Phi) is 1.07. The second kappa shape index (κ2) is 2.11. The second-order valence-corrected chi connectivity index (χ2v) is 5.25. The molecule has 3 saturated heterocycles. The molecule has 4 bridgehead atoms. The van der Waals surface area contributed by atoms with Crippen LogP contribution < -0.4 is 5.32 Å². The summed E-state index contributed by atoms with van der Waals surface area (Å²) < 4.78 is 11.6. The summed E-state index contributed by atoms with van der Waals surface area (Å²) in [5, 5.41) is 2.49. The summed E-state index contributed by atoms with van der Waals surface area (Å²) in [6.07, 6.45) is 6.21. The highest BCUT2D eigenvalue weighted by molar-refractivity contribution is 6.13. The molecule has 0 aromatic heterocycles. The van der Waals surface area contributed by atoms with E-state index in [-0.39, 0.29) is 36.2 Å². The summed E-state index contributed by atoms with van der Waals surface area (Å²) in [4.78, 5) is 24.6. The van der Waals surface area contributed by atoms with E-state index in [9.17, 15) is 9.59 Å². The van der Waals surface area contributed by atoms with Crippen LogP contribution in [0.25, 0.3) is 0 Å². The van der Waals surface area contributed by atoms with E-state index >= 15 is 0 Å². The topological polar surface area (TPSA) is 64.6 Å². The van der Waals surface area contributed by atoms with Gasteiger partial charge in [0.2, 0.25) is 11.8 Å². The van der Waals surface area contributed by atoms with E-state index in [2.05, 4.69) is 5.32 Å². The minimum atomic E-state index is -0.858. The maximum atomic E-state index is 12.3. The first-order valence-corrected chi connectivity index (χ1v) is 5.76. The zero-order chi connectivity index (χ0) is 11.4. The van der Waals surface area contributed by atoms with E-state index in [0.717, 1.165) is 0 Å². The third-order valence-corrected chi connectivity index (χ3v) is 4.97. The molecule has 0 spiro atoms. The highest BCUT2D eigenvalue weighted by atomic mass is 16.6. The van der Waals surface area contributed by atoms with Crippen LogP contribution in [0.1, 0.15) is 0 Å². The number of imide groups is 1. The van der Waals surface area contributed by atoms with Gasteiger partial charge in [0, 0.05) is 0 Å². The van der Waals surface area contributed by atoms with Crippen LogP contribution in [0.3, 0.4) is 0 Å². The fourth-order valence-electron chi connectivity index (χ4n) is 4.41. The van der Waals surface area contributed by atoms with E-state index in [0.29, 0.717) is 0 Å². The van der Waals surface area contributed by atoms with Gasteiger partial charge < -0.3 is 9.47 Å². The maximum Gasteiger partial charge on any atom is 0.240 e. The quantitative estimate of drug-likeness (QED) is 0.442. The highest BCUT2D eigenvalue weighted by Crippen LogP contribution is 2.70. The first-order valence-electron chi connectivity index (χ1n) is 5.76. The molecule has 5 heterocycles. The van der Waals surface area contributed by atoms with Crippen LogP contribution in [0.4, 0.5) is 0 Å². The van der Waals surface area contributed by atoms with Crippen molar-refractivity contribution >= 4 is 11.8 Å². The van der Waals surface area contributed by atoms with E-state index in [1.165, 1.54) is 0 Å². The van der Waals surface area contributed by atoms with Crippen LogP contribution >= 0.6 is 0 Å². The summed E-state index contributed by atoms with van der Waals surface area (Å²) in [5.41, 5.74) is -1.72. The predicted molar refractivity (Wildman–Crippen MR) is 53.6 cm³/mol. The lowest BCUT2D eigenvalue weighted by atomic mass is 9.54. The van der Waals surface area contributed by atoms with Gasteiger partial charge in [0.25, 0.3) is 0 Å². The first-order chi connectivity index (χ1) is 8.22. The molecular weight excluding hydrogens is 222 g/mol. The third kappa shape index (κ3) is 0.532. The average Bonchev–Trinajstić information content (AvgIpc) is 3.04. The SMILES string of the molecule is O=C1NC(=O)C23[C@@H]4C=C[C@@H](O4)C12[C@@H]1C=C[C@H]3O1. The van der Waals surface area contributed by atoms with Crippen LogP contribution in [0.5, 0.6) is 0 Å². The monoisotopic (exact) mass is 231 g/mol. The van der Waals surface area contributed by atoms with Gasteiger partial charge in [-0.3, -0.25) is 14.9 Å². The van der Waals surface area contributed by atoms with Gasteiger partial charge in [-0.05, 0) is 0 Å². The summed E-state index contributed by atoms with van der Waals surface area (Å²) in [6.45, 7) is 0. The van der Waals surface area contributed by atoms with Gasteiger partial charge in [0.05, 0.1) is 24.4 Å².